The Balaban J connectivity index is 1.82. The van der Waals surface area contributed by atoms with Crippen LogP contribution in [0.2, 0.25) is 0 Å². The third kappa shape index (κ3) is 4.64. The molecule has 5 nitrogen and oxygen atoms in total. The summed E-state index contributed by atoms with van der Waals surface area (Å²) in [6.07, 6.45) is 1.25. The zero-order valence-corrected chi connectivity index (χ0v) is 14.3. The minimum absolute atomic E-state index is 0.687. The van der Waals surface area contributed by atoms with Gasteiger partial charge in [-0.2, -0.15) is 0 Å². The normalized spacial score (nSPS) is 18.9. The molecule has 0 aliphatic carbocycles. The summed E-state index contributed by atoms with van der Waals surface area (Å²) in [5, 5.41) is 6.68. The second-order valence-corrected chi connectivity index (χ2v) is 6.24. The van der Waals surface area contributed by atoms with Gasteiger partial charge in [0.1, 0.15) is 0 Å². The zero-order valence-electron chi connectivity index (χ0n) is 13.5. The Hall–Kier alpha value is -0.690. The average Bonchev–Trinajstić information content (AvgIpc) is 3.14. The lowest BCUT2D eigenvalue weighted by molar-refractivity contribution is 0.199. The van der Waals surface area contributed by atoms with Crippen molar-refractivity contribution in [2.45, 2.75) is 32.9 Å². The third-order valence-electron chi connectivity index (χ3n) is 4.09. The average molecular weight is 312 g/mol. The van der Waals surface area contributed by atoms with Gasteiger partial charge in [-0.1, -0.05) is 13.8 Å². The summed E-state index contributed by atoms with van der Waals surface area (Å²) in [4.78, 5) is 9.75. The van der Waals surface area contributed by atoms with Crippen LogP contribution >= 0.6 is 11.3 Å². The van der Waals surface area contributed by atoms with E-state index in [-0.39, 0.29) is 0 Å². The SMILES string of the molecule is CCN(CC)C1CCN(c2nc(CNCCOC)cs2)C1. The van der Waals surface area contributed by atoms with E-state index in [0.717, 1.165) is 51.6 Å². The quantitative estimate of drug-likeness (QED) is 0.704. The van der Waals surface area contributed by atoms with Crippen LogP contribution in [-0.4, -0.2) is 62.4 Å². The molecule has 1 aromatic rings. The minimum Gasteiger partial charge on any atom is -0.383 e. The van der Waals surface area contributed by atoms with E-state index >= 15 is 0 Å². The van der Waals surface area contributed by atoms with E-state index in [9.17, 15) is 0 Å². The number of methoxy groups -OCH3 is 1. The van der Waals surface area contributed by atoms with Gasteiger partial charge in [0.15, 0.2) is 5.13 Å². The number of aromatic nitrogens is 1. The van der Waals surface area contributed by atoms with Crippen molar-refractivity contribution in [2.75, 3.05) is 51.3 Å². The maximum Gasteiger partial charge on any atom is 0.185 e. The van der Waals surface area contributed by atoms with Gasteiger partial charge in [-0.15, -0.1) is 11.3 Å². The van der Waals surface area contributed by atoms with E-state index in [2.05, 4.69) is 34.3 Å². The molecule has 1 aliphatic rings. The van der Waals surface area contributed by atoms with E-state index in [0.29, 0.717) is 6.04 Å². The molecule has 1 aromatic heterocycles. The molecular formula is C15H28N4OS. The topological polar surface area (TPSA) is 40.6 Å². The monoisotopic (exact) mass is 312 g/mol. The van der Waals surface area contributed by atoms with Gasteiger partial charge in [0.25, 0.3) is 0 Å². The first-order chi connectivity index (χ1) is 10.3. The maximum atomic E-state index is 5.03. The lowest BCUT2D eigenvalue weighted by atomic mass is 10.2. The summed E-state index contributed by atoms with van der Waals surface area (Å²) in [5.41, 5.74) is 1.14. The number of nitrogens with zero attached hydrogens (tertiary/aromatic N) is 3. The van der Waals surface area contributed by atoms with Crippen molar-refractivity contribution in [3.63, 3.8) is 0 Å². The number of hydrogen-bond donors (Lipinski definition) is 1. The fraction of sp³-hybridized carbons (Fsp3) is 0.800. The van der Waals surface area contributed by atoms with Gasteiger partial charge in [-0.25, -0.2) is 4.98 Å². The molecule has 0 spiro atoms. The molecule has 1 fully saturated rings. The number of hydrogen-bond acceptors (Lipinski definition) is 6. The molecule has 2 rings (SSSR count). The van der Waals surface area contributed by atoms with Gasteiger partial charge < -0.3 is 15.0 Å². The highest BCUT2D eigenvalue weighted by molar-refractivity contribution is 7.13. The van der Waals surface area contributed by atoms with E-state index in [4.69, 9.17) is 9.72 Å². The predicted octanol–water partition coefficient (Wildman–Crippen LogP) is 1.80. The lowest BCUT2D eigenvalue weighted by Crippen LogP contribution is -2.37. The van der Waals surface area contributed by atoms with Crippen molar-refractivity contribution in [1.29, 1.82) is 0 Å². The standard InChI is InChI=1S/C15H28N4OS/c1-4-18(5-2)14-6-8-19(11-14)15-17-13(12-21-15)10-16-7-9-20-3/h12,14,16H,4-11H2,1-3H3. The molecule has 1 atom stereocenters. The number of anilines is 1. The second-order valence-electron chi connectivity index (χ2n) is 5.40. The number of rotatable bonds is 9. The molecule has 0 radical (unpaired) electrons. The van der Waals surface area contributed by atoms with E-state index in [1.54, 1.807) is 18.4 Å². The summed E-state index contributed by atoms with van der Waals surface area (Å²) in [5.74, 6) is 0. The summed E-state index contributed by atoms with van der Waals surface area (Å²) in [7, 11) is 1.72. The molecular weight excluding hydrogens is 284 g/mol. The molecule has 1 saturated heterocycles. The van der Waals surface area contributed by atoms with Crippen LogP contribution in [0.1, 0.15) is 26.0 Å². The minimum atomic E-state index is 0.687. The molecule has 0 saturated carbocycles. The Labute approximate surface area is 132 Å². The number of ether oxygens (including phenoxy) is 1. The number of thiazole rings is 1. The fourth-order valence-electron chi connectivity index (χ4n) is 2.87. The van der Waals surface area contributed by atoms with Gasteiger partial charge in [0, 0.05) is 44.7 Å². The zero-order chi connectivity index (χ0) is 15.1. The third-order valence-corrected chi connectivity index (χ3v) is 5.04. The molecule has 0 aromatic carbocycles. The first kappa shape index (κ1) is 16.7. The molecule has 6 heteroatoms. The molecule has 1 N–H and O–H groups in total. The van der Waals surface area contributed by atoms with E-state index < -0.39 is 0 Å². The molecule has 2 heterocycles. The number of likely N-dealkylation sites (N-methyl/N-ethyl adjacent to an activating group) is 1. The van der Waals surface area contributed by atoms with Crippen molar-refractivity contribution in [1.82, 2.24) is 15.2 Å². The van der Waals surface area contributed by atoms with Crippen LogP contribution in [0.5, 0.6) is 0 Å². The molecule has 0 bridgehead atoms. The largest absolute Gasteiger partial charge is 0.383 e. The van der Waals surface area contributed by atoms with Crippen LogP contribution < -0.4 is 10.2 Å². The van der Waals surface area contributed by atoms with Crippen LogP contribution in [0.15, 0.2) is 5.38 Å². The first-order valence-corrected chi connectivity index (χ1v) is 8.79. The van der Waals surface area contributed by atoms with Crippen LogP contribution in [0, 0.1) is 0 Å². The van der Waals surface area contributed by atoms with Crippen molar-refractivity contribution in [3.05, 3.63) is 11.1 Å². The van der Waals surface area contributed by atoms with E-state index in [1.165, 1.54) is 11.6 Å². The van der Waals surface area contributed by atoms with Crippen LogP contribution in [0.25, 0.3) is 0 Å². The Morgan fingerprint density at radius 3 is 3.00 bits per heavy atom. The van der Waals surface area contributed by atoms with Crippen LogP contribution in [0.4, 0.5) is 5.13 Å². The molecule has 120 valence electrons. The highest BCUT2D eigenvalue weighted by Gasteiger charge is 2.27. The summed E-state index contributed by atoms with van der Waals surface area (Å²) in [6, 6.07) is 0.687. The Morgan fingerprint density at radius 2 is 2.29 bits per heavy atom. The fourth-order valence-corrected chi connectivity index (χ4v) is 3.73. The van der Waals surface area contributed by atoms with Crippen molar-refractivity contribution < 1.29 is 4.74 Å². The Morgan fingerprint density at radius 1 is 1.48 bits per heavy atom. The van der Waals surface area contributed by atoms with Crippen LogP contribution in [-0.2, 0) is 11.3 Å². The maximum absolute atomic E-state index is 5.03. The number of nitrogens with one attached hydrogen (secondary N) is 1. The van der Waals surface area contributed by atoms with Crippen molar-refractivity contribution in [3.8, 4) is 0 Å². The van der Waals surface area contributed by atoms with Crippen molar-refractivity contribution >= 4 is 16.5 Å². The predicted molar refractivity (Wildman–Crippen MR) is 89.2 cm³/mol. The molecule has 0 amide bonds. The second kappa shape index (κ2) is 8.68. The summed E-state index contributed by atoms with van der Waals surface area (Å²) < 4.78 is 5.03. The Kier molecular flexibility index (Phi) is 6.89. The first-order valence-electron chi connectivity index (χ1n) is 7.91. The Bertz CT molecular complexity index is 408. The van der Waals surface area contributed by atoms with E-state index in [1.807, 2.05) is 0 Å². The van der Waals surface area contributed by atoms with Crippen molar-refractivity contribution in [2.24, 2.45) is 0 Å². The highest BCUT2D eigenvalue weighted by Crippen LogP contribution is 2.26. The molecule has 1 unspecified atom stereocenters. The van der Waals surface area contributed by atoms with Gasteiger partial charge in [0.2, 0.25) is 0 Å². The van der Waals surface area contributed by atoms with Gasteiger partial charge in [-0.05, 0) is 19.5 Å². The van der Waals surface area contributed by atoms with Gasteiger partial charge >= 0.3 is 0 Å². The lowest BCUT2D eigenvalue weighted by Gasteiger charge is -2.25. The van der Waals surface area contributed by atoms with Gasteiger partial charge in [0.05, 0.1) is 12.3 Å². The van der Waals surface area contributed by atoms with Crippen LogP contribution in [0.3, 0.4) is 0 Å². The van der Waals surface area contributed by atoms with Gasteiger partial charge in [-0.3, -0.25) is 4.90 Å². The summed E-state index contributed by atoms with van der Waals surface area (Å²) in [6.45, 7) is 11.5. The summed E-state index contributed by atoms with van der Waals surface area (Å²) >= 11 is 1.76. The molecule has 21 heavy (non-hydrogen) atoms. The smallest absolute Gasteiger partial charge is 0.185 e. The molecule has 1 aliphatic heterocycles. The highest BCUT2D eigenvalue weighted by atomic mass is 32.1.